The summed E-state index contributed by atoms with van der Waals surface area (Å²) in [7, 11) is 0. The summed E-state index contributed by atoms with van der Waals surface area (Å²) in [5.41, 5.74) is 10.1. The summed E-state index contributed by atoms with van der Waals surface area (Å²) in [5, 5.41) is 9.35. The molecule has 0 aliphatic rings. The largest absolute Gasteiger partial charge is 0.381 e. The Labute approximate surface area is 123 Å². The minimum absolute atomic E-state index is 0.534. The quantitative estimate of drug-likeness (QED) is 0.798. The summed E-state index contributed by atoms with van der Waals surface area (Å²) >= 11 is 0. The molecule has 108 valence electrons. The van der Waals surface area contributed by atoms with E-state index in [2.05, 4.69) is 34.4 Å². The molecule has 0 saturated carbocycles. The minimum Gasteiger partial charge on any atom is -0.381 e. The number of nitrogens with zero attached hydrogens (tertiary/aromatic N) is 4. The summed E-state index contributed by atoms with van der Waals surface area (Å²) < 4.78 is 1.90. The van der Waals surface area contributed by atoms with E-state index in [4.69, 9.17) is 5.73 Å². The fourth-order valence-corrected chi connectivity index (χ4v) is 2.65. The molecule has 0 aliphatic heterocycles. The first-order valence-corrected chi connectivity index (χ1v) is 7.22. The number of hydrogen-bond donors (Lipinski definition) is 1. The minimum atomic E-state index is 0.534. The van der Waals surface area contributed by atoms with Crippen molar-refractivity contribution < 1.29 is 0 Å². The third kappa shape index (κ3) is 2.59. The second-order valence-corrected chi connectivity index (χ2v) is 5.27. The Bertz CT molecular complexity index is 775. The molecule has 3 rings (SSSR count). The van der Waals surface area contributed by atoms with Crippen molar-refractivity contribution in [2.75, 3.05) is 5.73 Å². The molecule has 2 aromatic heterocycles. The molecule has 2 heterocycles. The normalized spacial score (nSPS) is 11.1. The fourth-order valence-electron chi connectivity index (χ4n) is 2.65. The van der Waals surface area contributed by atoms with Gasteiger partial charge in [-0.25, -0.2) is 4.68 Å². The first kappa shape index (κ1) is 13.5. The molecule has 0 atom stereocenters. The van der Waals surface area contributed by atoms with Gasteiger partial charge in [0.2, 0.25) is 0 Å². The highest BCUT2D eigenvalue weighted by Crippen LogP contribution is 2.20. The fraction of sp³-hybridized carbons (Fsp3) is 0.312. The lowest BCUT2D eigenvalue weighted by molar-refractivity contribution is 0.615. The molecule has 21 heavy (non-hydrogen) atoms. The van der Waals surface area contributed by atoms with Crippen LogP contribution in [0.25, 0.3) is 10.9 Å². The standard InChI is InChI=1S/C16H19N5/c1-3-6-15-16(17)19-20-21(15)10-12-9-11(2)18-14-8-5-4-7-13(12)14/h4-5,7-9H,3,6,10,17H2,1-2H3. The maximum absolute atomic E-state index is 5.92. The molecule has 5 nitrogen and oxygen atoms in total. The maximum atomic E-state index is 5.92. The molecule has 0 saturated heterocycles. The summed E-state index contributed by atoms with van der Waals surface area (Å²) in [5.74, 6) is 0.534. The second kappa shape index (κ2) is 5.52. The van der Waals surface area contributed by atoms with Crippen molar-refractivity contribution in [1.82, 2.24) is 20.0 Å². The van der Waals surface area contributed by atoms with E-state index in [0.717, 1.165) is 35.1 Å². The van der Waals surface area contributed by atoms with Crippen molar-refractivity contribution in [1.29, 1.82) is 0 Å². The zero-order chi connectivity index (χ0) is 14.8. The predicted molar refractivity (Wildman–Crippen MR) is 84.0 cm³/mol. The number of aromatic nitrogens is 4. The molecule has 0 spiro atoms. The Kier molecular flexibility index (Phi) is 3.56. The van der Waals surface area contributed by atoms with E-state index in [1.165, 1.54) is 5.56 Å². The molecular formula is C16H19N5. The van der Waals surface area contributed by atoms with Gasteiger partial charge in [-0.15, -0.1) is 5.10 Å². The highest BCUT2D eigenvalue weighted by Gasteiger charge is 2.11. The smallest absolute Gasteiger partial charge is 0.169 e. The molecule has 0 amide bonds. The van der Waals surface area contributed by atoms with Gasteiger partial charge in [-0.3, -0.25) is 4.98 Å². The van der Waals surface area contributed by atoms with Crippen LogP contribution in [0.3, 0.4) is 0 Å². The lowest BCUT2D eigenvalue weighted by Crippen LogP contribution is -2.08. The summed E-state index contributed by atoms with van der Waals surface area (Å²) in [6, 6.07) is 10.3. The zero-order valence-electron chi connectivity index (χ0n) is 12.4. The van der Waals surface area contributed by atoms with Gasteiger partial charge >= 0.3 is 0 Å². The van der Waals surface area contributed by atoms with Crippen LogP contribution in [-0.4, -0.2) is 20.0 Å². The summed E-state index contributed by atoms with van der Waals surface area (Å²) in [6.07, 6.45) is 1.91. The number of nitrogen functional groups attached to an aromatic ring is 1. The first-order valence-electron chi connectivity index (χ1n) is 7.22. The number of fused-ring (bicyclic) bond motifs is 1. The zero-order valence-corrected chi connectivity index (χ0v) is 12.4. The topological polar surface area (TPSA) is 69.6 Å². The van der Waals surface area contributed by atoms with Gasteiger partial charge in [0, 0.05) is 11.1 Å². The molecule has 1 aromatic carbocycles. The number of hydrogen-bond acceptors (Lipinski definition) is 4. The van der Waals surface area contributed by atoms with Gasteiger partial charge < -0.3 is 5.73 Å². The van der Waals surface area contributed by atoms with Crippen molar-refractivity contribution in [3.8, 4) is 0 Å². The molecule has 2 N–H and O–H groups in total. The number of para-hydroxylation sites is 1. The number of pyridine rings is 1. The average molecular weight is 281 g/mol. The van der Waals surface area contributed by atoms with Crippen LogP contribution in [0, 0.1) is 6.92 Å². The molecule has 0 aliphatic carbocycles. The number of rotatable bonds is 4. The van der Waals surface area contributed by atoms with Gasteiger partial charge in [0.25, 0.3) is 0 Å². The number of anilines is 1. The van der Waals surface area contributed by atoms with Gasteiger partial charge in [0.15, 0.2) is 5.82 Å². The van der Waals surface area contributed by atoms with Crippen LogP contribution in [0.4, 0.5) is 5.82 Å². The number of benzene rings is 1. The van der Waals surface area contributed by atoms with E-state index in [-0.39, 0.29) is 0 Å². The Hall–Kier alpha value is -2.43. The van der Waals surface area contributed by atoms with Crippen LogP contribution in [-0.2, 0) is 13.0 Å². The van der Waals surface area contributed by atoms with Crippen LogP contribution < -0.4 is 5.73 Å². The van der Waals surface area contributed by atoms with E-state index < -0.39 is 0 Å². The number of nitrogens with two attached hydrogens (primary N) is 1. The van der Waals surface area contributed by atoms with E-state index >= 15 is 0 Å². The molecule has 3 aromatic rings. The highest BCUT2D eigenvalue weighted by atomic mass is 15.4. The molecular weight excluding hydrogens is 262 g/mol. The van der Waals surface area contributed by atoms with Crippen molar-refractivity contribution in [3.63, 3.8) is 0 Å². The predicted octanol–water partition coefficient (Wildman–Crippen LogP) is 2.72. The SMILES string of the molecule is CCCc1c(N)nnn1Cc1cc(C)nc2ccccc12. The van der Waals surface area contributed by atoms with Crippen LogP contribution in [0.1, 0.15) is 30.3 Å². The van der Waals surface area contributed by atoms with Gasteiger partial charge in [-0.1, -0.05) is 36.8 Å². The van der Waals surface area contributed by atoms with E-state index in [0.29, 0.717) is 12.4 Å². The van der Waals surface area contributed by atoms with Gasteiger partial charge in [-0.2, -0.15) is 0 Å². The lowest BCUT2D eigenvalue weighted by Gasteiger charge is -2.10. The highest BCUT2D eigenvalue weighted by molar-refractivity contribution is 5.82. The van der Waals surface area contributed by atoms with Crippen LogP contribution in [0.2, 0.25) is 0 Å². The summed E-state index contributed by atoms with van der Waals surface area (Å²) in [4.78, 5) is 4.57. The van der Waals surface area contributed by atoms with Crippen LogP contribution in [0.15, 0.2) is 30.3 Å². The second-order valence-electron chi connectivity index (χ2n) is 5.27. The maximum Gasteiger partial charge on any atom is 0.169 e. The van der Waals surface area contributed by atoms with Crippen molar-refractivity contribution in [2.45, 2.75) is 33.2 Å². The average Bonchev–Trinajstić information content (AvgIpc) is 2.80. The Morgan fingerprint density at radius 3 is 2.86 bits per heavy atom. The van der Waals surface area contributed by atoms with Crippen LogP contribution >= 0.6 is 0 Å². The third-order valence-electron chi connectivity index (χ3n) is 3.60. The lowest BCUT2D eigenvalue weighted by atomic mass is 10.1. The molecule has 0 unspecified atom stereocenters. The van der Waals surface area contributed by atoms with Crippen molar-refractivity contribution >= 4 is 16.7 Å². The molecule has 5 heteroatoms. The third-order valence-corrected chi connectivity index (χ3v) is 3.60. The Balaban J connectivity index is 2.06. The summed E-state index contributed by atoms with van der Waals surface area (Å²) in [6.45, 7) is 4.81. The van der Waals surface area contributed by atoms with Crippen LogP contribution in [0.5, 0.6) is 0 Å². The van der Waals surface area contributed by atoms with Gasteiger partial charge in [0.05, 0.1) is 17.8 Å². The molecule has 0 fully saturated rings. The Morgan fingerprint density at radius 2 is 2.05 bits per heavy atom. The first-order chi connectivity index (χ1) is 10.2. The molecule has 0 radical (unpaired) electrons. The van der Waals surface area contributed by atoms with Crippen molar-refractivity contribution in [2.24, 2.45) is 0 Å². The van der Waals surface area contributed by atoms with Crippen molar-refractivity contribution in [3.05, 3.63) is 47.3 Å². The van der Waals surface area contributed by atoms with Gasteiger partial charge in [0.1, 0.15) is 0 Å². The van der Waals surface area contributed by atoms with E-state index in [1.807, 2.05) is 29.8 Å². The Morgan fingerprint density at radius 1 is 1.24 bits per heavy atom. The monoisotopic (exact) mass is 281 g/mol. The van der Waals surface area contributed by atoms with E-state index in [9.17, 15) is 0 Å². The molecule has 0 bridgehead atoms. The van der Waals surface area contributed by atoms with Gasteiger partial charge in [-0.05, 0) is 31.0 Å². The number of aryl methyl sites for hydroxylation is 1. The van der Waals surface area contributed by atoms with E-state index in [1.54, 1.807) is 0 Å².